The van der Waals surface area contributed by atoms with Crippen molar-refractivity contribution in [3.8, 4) is 0 Å². The first-order valence-corrected chi connectivity index (χ1v) is 20.2. The van der Waals surface area contributed by atoms with Gasteiger partial charge in [-0.05, 0) is 6.42 Å². The van der Waals surface area contributed by atoms with Crippen LogP contribution < -0.4 is 0 Å². The van der Waals surface area contributed by atoms with Gasteiger partial charge in [0.25, 0.3) is 0 Å². The number of hydrogen-bond acceptors (Lipinski definition) is 3. The van der Waals surface area contributed by atoms with Gasteiger partial charge in [0, 0.05) is 6.42 Å². The number of ether oxygens (including phenoxy) is 1. The Balaban J connectivity index is 0. The summed E-state index contributed by atoms with van der Waals surface area (Å²) in [5, 5.41) is 0. The molecular formula is C19H40O2S2Sn. The maximum atomic E-state index is 10.8. The molecule has 0 atom stereocenters. The van der Waals surface area contributed by atoms with Crippen molar-refractivity contribution in [2.24, 2.45) is 0 Å². The Bertz CT molecular complexity index is 287. The average molecular weight is 483 g/mol. The molecule has 0 aromatic carbocycles. The normalized spacial score (nSPS) is 10.0. The van der Waals surface area contributed by atoms with E-state index in [0.717, 1.165) is 6.42 Å². The van der Waals surface area contributed by atoms with E-state index < -0.39 is 16.4 Å². The third kappa shape index (κ3) is 27.7. The van der Waals surface area contributed by atoms with Gasteiger partial charge in [-0.1, -0.05) is 71.6 Å². The van der Waals surface area contributed by atoms with Crippen molar-refractivity contribution in [2.45, 2.75) is 109 Å². The third-order valence-corrected chi connectivity index (χ3v) is 8.89. The number of carbonyl (C=O) groups excluding carboxylic acids is 1. The van der Waals surface area contributed by atoms with Gasteiger partial charge < -0.3 is 4.74 Å². The third-order valence-electron chi connectivity index (χ3n) is 3.79. The Morgan fingerprint density at radius 3 is 1.67 bits per heavy atom. The number of carbonyl (C=O) groups is 1. The van der Waals surface area contributed by atoms with Crippen molar-refractivity contribution < 1.29 is 9.53 Å². The number of unbranched alkanes of at least 4 members (excludes halogenated alkanes) is 10. The van der Waals surface area contributed by atoms with Crippen LogP contribution in [0.2, 0.25) is 4.44 Å². The van der Waals surface area contributed by atoms with Gasteiger partial charge in [-0.15, -0.1) is 0 Å². The van der Waals surface area contributed by atoms with Gasteiger partial charge in [-0.2, -0.15) is 0 Å². The molecule has 0 aromatic heterocycles. The van der Waals surface area contributed by atoms with Gasteiger partial charge in [0.1, 0.15) is 0 Å². The van der Waals surface area contributed by atoms with E-state index in [1.807, 2.05) is 6.92 Å². The Morgan fingerprint density at radius 2 is 1.29 bits per heavy atom. The number of esters is 1. The van der Waals surface area contributed by atoms with Crippen LogP contribution in [0.3, 0.4) is 0 Å². The first kappa shape index (κ1) is 27.1. The molecule has 0 bridgehead atoms. The molecule has 0 N–H and O–H groups in total. The van der Waals surface area contributed by atoms with E-state index >= 15 is 0 Å². The van der Waals surface area contributed by atoms with Gasteiger partial charge in [-0.3, -0.25) is 4.79 Å². The number of thiol groups is 1. The molecule has 0 spiro atoms. The molecule has 0 saturated carbocycles. The van der Waals surface area contributed by atoms with E-state index in [0.29, 0.717) is 13.0 Å². The van der Waals surface area contributed by atoms with Gasteiger partial charge >= 0.3 is 65.7 Å². The predicted molar refractivity (Wildman–Crippen MR) is 115 cm³/mol. The average Bonchev–Trinajstić information content (AvgIpc) is 2.58. The minimum atomic E-state index is -1.36. The molecule has 0 saturated heterocycles. The molecule has 24 heavy (non-hydrogen) atoms. The van der Waals surface area contributed by atoms with Crippen molar-refractivity contribution in [2.75, 3.05) is 6.61 Å². The molecule has 0 amide bonds. The van der Waals surface area contributed by atoms with Crippen molar-refractivity contribution in [3.63, 3.8) is 0 Å². The molecule has 0 aromatic rings. The van der Waals surface area contributed by atoms with Crippen LogP contribution in [0.5, 0.6) is 0 Å². The summed E-state index contributed by atoms with van der Waals surface area (Å²) >= 11 is -1.36. The molecule has 0 aliphatic carbocycles. The minimum absolute atomic E-state index is 0.0686. The molecule has 5 heteroatoms. The van der Waals surface area contributed by atoms with Crippen molar-refractivity contribution in [1.29, 1.82) is 0 Å². The number of rotatable bonds is 15. The molecule has 0 rings (SSSR count). The van der Waals surface area contributed by atoms with Crippen molar-refractivity contribution >= 4 is 41.5 Å². The van der Waals surface area contributed by atoms with Crippen LogP contribution >= 0.6 is 19.1 Å². The second-order valence-corrected chi connectivity index (χ2v) is 18.9. The molecule has 0 aliphatic rings. The Kier molecular flexibility index (Phi) is 26.9. The van der Waals surface area contributed by atoms with Gasteiger partial charge in [0.05, 0.1) is 6.61 Å². The van der Waals surface area contributed by atoms with E-state index in [1.54, 1.807) is 0 Å². The summed E-state index contributed by atoms with van der Waals surface area (Å²) in [6.45, 7) is 6.89. The van der Waals surface area contributed by atoms with E-state index in [1.165, 1.54) is 75.1 Å². The van der Waals surface area contributed by atoms with E-state index in [9.17, 15) is 4.79 Å². The predicted octanol–water partition coefficient (Wildman–Crippen LogP) is 7.26. The fourth-order valence-corrected chi connectivity index (χ4v) is 6.11. The van der Waals surface area contributed by atoms with Crippen LogP contribution in [0.4, 0.5) is 0 Å². The Hall–Kier alpha value is 0.839. The zero-order valence-corrected chi connectivity index (χ0v) is 20.8. The fraction of sp³-hybridized carbons (Fsp3) is 0.947. The fourth-order valence-electron chi connectivity index (χ4n) is 2.21. The molecule has 144 valence electrons. The standard InChI is InChI=1S/C15H30O2.C4H9.H2S.S.Sn/c1-3-5-6-7-8-9-10-11-12-13-14-17-15(16)4-2;1-3-4-2;;;/h3-14H2,1-2H3;1,3-4H2,2H3;1H2;;/q;;;;+1/p-1. The second kappa shape index (κ2) is 23.8. The molecule has 0 fully saturated rings. The summed E-state index contributed by atoms with van der Waals surface area (Å²) in [6, 6.07) is 0. The van der Waals surface area contributed by atoms with Gasteiger partial charge in [0.2, 0.25) is 0 Å². The summed E-state index contributed by atoms with van der Waals surface area (Å²) in [7, 11) is 9.25. The second-order valence-electron chi connectivity index (χ2n) is 6.25. The topological polar surface area (TPSA) is 26.3 Å². The van der Waals surface area contributed by atoms with Crippen LogP contribution in [0.1, 0.15) is 104 Å². The molecular weight excluding hydrogens is 443 g/mol. The number of hydrogen-bond donors (Lipinski definition) is 1. The Labute approximate surface area is 165 Å². The van der Waals surface area contributed by atoms with Crippen LogP contribution in [0, 0.1) is 0 Å². The summed E-state index contributed by atoms with van der Waals surface area (Å²) in [5.74, 6) is -0.0686. The first-order chi connectivity index (χ1) is 11.6. The van der Waals surface area contributed by atoms with Crippen LogP contribution in [-0.2, 0) is 9.53 Å². The Morgan fingerprint density at radius 1 is 0.833 bits per heavy atom. The first-order valence-electron chi connectivity index (χ1n) is 9.95. The van der Waals surface area contributed by atoms with Gasteiger partial charge in [-0.25, -0.2) is 0 Å². The summed E-state index contributed by atoms with van der Waals surface area (Å²) in [4.78, 5) is 10.8. The zero-order valence-electron chi connectivity index (χ0n) is 16.3. The maximum absolute atomic E-state index is 10.8. The van der Waals surface area contributed by atoms with E-state index in [-0.39, 0.29) is 5.97 Å². The SMILES string of the molecule is CCCCCCCCCCCCOC(=O)CC.CCC[CH2][Sn](=[S])[SH]. The summed E-state index contributed by atoms with van der Waals surface area (Å²) in [6.07, 6.45) is 16.2. The van der Waals surface area contributed by atoms with Crippen molar-refractivity contribution in [3.05, 3.63) is 0 Å². The quantitative estimate of drug-likeness (QED) is 0.115. The molecule has 0 radical (unpaired) electrons. The van der Waals surface area contributed by atoms with Crippen LogP contribution in [-0.4, -0.2) is 29.0 Å². The van der Waals surface area contributed by atoms with Crippen LogP contribution in [0.25, 0.3) is 0 Å². The molecule has 2 nitrogen and oxygen atoms in total. The van der Waals surface area contributed by atoms with E-state index in [4.69, 9.17) is 14.0 Å². The van der Waals surface area contributed by atoms with E-state index in [2.05, 4.69) is 23.7 Å². The molecule has 0 heterocycles. The van der Waals surface area contributed by atoms with Gasteiger partial charge in [0.15, 0.2) is 0 Å². The summed E-state index contributed by atoms with van der Waals surface area (Å²) in [5.41, 5.74) is 0. The van der Waals surface area contributed by atoms with Crippen molar-refractivity contribution in [1.82, 2.24) is 0 Å². The molecule has 0 aliphatic heterocycles. The van der Waals surface area contributed by atoms with Crippen LogP contribution in [0.15, 0.2) is 0 Å². The molecule has 0 unspecified atom stereocenters. The summed E-state index contributed by atoms with van der Waals surface area (Å²) < 4.78 is 6.30. The monoisotopic (exact) mass is 484 g/mol. The zero-order chi connectivity index (χ0) is 18.5.